The summed E-state index contributed by atoms with van der Waals surface area (Å²) in [5.41, 5.74) is 5.22. The molecule has 0 amide bonds. The van der Waals surface area contributed by atoms with Crippen molar-refractivity contribution >= 4 is 12.4 Å². The standard InChI is InChI=1S/C8H14F3N.ClH/c9-7(8(10)11)5-3-1-2-4-6-12;/h1-6,12H2;1H. The van der Waals surface area contributed by atoms with Crippen LogP contribution in [0.4, 0.5) is 13.2 Å². The maximum absolute atomic E-state index is 12.1. The van der Waals surface area contributed by atoms with Gasteiger partial charge in [0.05, 0.1) is 0 Å². The van der Waals surface area contributed by atoms with Gasteiger partial charge in [0, 0.05) is 6.42 Å². The quantitative estimate of drug-likeness (QED) is 0.678. The fraction of sp³-hybridized carbons (Fsp3) is 0.750. The van der Waals surface area contributed by atoms with Crippen molar-refractivity contribution in [3.8, 4) is 0 Å². The molecule has 0 aliphatic heterocycles. The zero-order valence-corrected chi connectivity index (χ0v) is 8.18. The van der Waals surface area contributed by atoms with Crippen LogP contribution in [0.15, 0.2) is 11.9 Å². The average molecular weight is 218 g/mol. The molecule has 0 saturated carbocycles. The molecule has 0 fully saturated rings. The summed E-state index contributed by atoms with van der Waals surface area (Å²) < 4.78 is 35.1. The van der Waals surface area contributed by atoms with Crippen LogP contribution in [0.2, 0.25) is 0 Å². The number of nitrogens with two attached hydrogens (primary N) is 1. The second-order valence-electron chi connectivity index (χ2n) is 2.62. The Bertz CT molecular complexity index is 146. The minimum Gasteiger partial charge on any atom is -0.330 e. The van der Waals surface area contributed by atoms with Gasteiger partial charge in [-0.2, -0.15) is 8.78 Å². The molecule has 0 aliphatic rings. The lowest BCUT2D eigenvalue weighted by molar-refractivity contribution is 0.367. The van der Waals surface area contributed by atoms with E-state index < -0.39 is 11.9 Å². The maximum Gasteiger partial charge on any atom is 0.301 e. The first-order chi connectivity index (χ1) is 5.68. The molecule has 0 aromatic rings. The van der Waals surface area contributed by atoms with E-state index in [4.69, 9.17) is 5.73 Å². The van der Waals surface area contributed by atoms with Crippen LogP contribution in [0.5, 0.6) is 0 Å². The van der Waals surface area contributed by atoms with Gasteiger partial charge in [-0.1, -0.05) is 12.8 Å². The van der Waals surface area contributed by atoms with Gasteiger partial charge in [0.1, 0.15) is 0 Å². The van der Waals surface area contributed by atoms with E-state index in [-0.39, 0.29) is 18.8 Å². The monoisotopic (exact) mass is 217 g/mol. The molecule has 0 aliphatic carbocycles. The number of hydrogen-bond acceptors (Lipinski definition) is 1. The molecule has 2 N–H and O–H groups in total. The van der Waals surface area contributed by atoms with Crippen molar-refractivity contribution in [3.63, 3.8) is 0 Å². The molecule has 0 atom stereocenters. The van der Waals surface area contributed by atoms with Crippen LogP contribution >= 0.6 is 12.4 Å². The molecule has 0 bridgehead atoms. The fourth-order valence-corrected chi connectivity index (χ4v) is 0.873. The highest BCUT2D eigenvalue weighted by molar-refractivity contribution is 5.85. The number of rotatable bonds is 6. The third-order valence-corrected chi connectivity index (χ3v) is 1.56. The van der Waals surface area contributed by atoms with Crippen LogP contribution in [-0.4, -0.2) is 6.54 Å². The third-order valence-electron chi connectivity index (χ3n) is 1.56. The molecule has 0 rings (SSSR count). The van der Waals surface area contributed by atoms with Gasteiger partial charge in [0.2, 0.25) is 0 Å². The summed E-state index contributed by atoms with van der Waals surface area (Å²) in [4.78, 5) is 0. The summed E-state index contributed by atoms with van der Waals surface area (Å²) in [7, 11) is 0. The molecule has 13 heavy (non-hydrogen) atoms. The smallest absolute Gasteiger partial charge is 0.301 e. The van der Waals surface area contributed by atoms with E-state index >= 15 is 0 Å². The van der Waals surface area contributed by atoms with Crippen molar-refractivity contribution in [3.05, 3.63) is 11.9 Å². The van der Waals surface area contributed by atoms with Crippen LogP contribution < -0.4 is 5.73 Å². The molecule has 5 heteroatoms. The predicted molar refractivity (Wildman–Crippen MR) is 49.7 cm³/mol. The molecular weight excluding hydrogens is 203 g/mol. The highest BCUT2D eigenvalue weighted by atomic mass is 35.5. The van der Waals surface area contributed by atoms with Gasteiger partial charge in [-0.3, -0.25) is 0 Å². The largest absolute Gasteiger partial charge is 0.330 e. The Morgan fingerprint density at radius 1 is 0.923 bits per heavy atom. The Kier molecular flexibility index (Phi) is 11.6. The lowest BCUT2D eigenvalue weighted by Crippen LogP contribution is -1.97. The van der Waals surface area contributed by atoms with Crippen LogP contribution in [0.3, 0.4) is 0 Å². The molecule has 0 spiro atoms. The lowest BCUT2D eigenvalue weighted by Gasteiger charge is -1.97. The zero-order chi connectivity index (χ0) is 9.40. The predicted octanol–water partition coefficient (Wildman–Crippen LogP) is 3.40. The van der Waals surface area contributed by atoms with Crippen LogP contribution in [0.25, 0.3) is 0 Å². The van der Waals surface area contributed by atoms with Crippen molar-refractivity contribution in [2.75, 3.05) is 6.54 Å². The highest BCUT2D eigenvalue weighted by Gasteiger charge is 2.03. The Morgan fingerprint density at radius 3 is 1.92 bits per heavy atom. The van der Waals surface area contributed by atoms with E-state index in [0.717, 1.165) is 19.3 Å². The second-order valence-corrected chi connectivity index (χ2v) is 2.62. The van der Waals surface area contributed by atoms with Gasteiger partial charge in [0.15, 0.2) is 5.83 Å². The van der Waals surface area contributed by atoms with Gasteiger partial charge in [-0.25, -0.2) is 4.39 Å². The van der Waals surface area contributed by atoms with E-state index in [1.807, 2.05) is 0 Å². The van der Waals surface area contributed by atoms with Crippen LogP contribution in [-0.2, 0) is 0 Å². The van der Waals surface area contributed by atoms with E-state index in [1.165, 1.54) is 0 Å². The Hall–Kier alpha value is -0.220. The molecule has 0 unspecified atom stereocenters. The maximum atomic E-state index is 12.1. The molecule has 80 valence electrons. The van der Waals surface area contributed by atoms with Gasteiger partial charge < -0.3 is 5.73 Å². The van der Waals surface area contributed by atoms with E-state index in [2.05, 4.69) is 0 Å². The summed E-state index contributed by atoms with van der Waals surface area (Å²) in [5, 5.41) is 0. The van der Waals surface area contributed by atoms with Crippen molar-refractivity contribution in [2.24, 2.45) is 5.73 Å². The Morgan fingerprint density at radius 2 is 1.46 bits per heavy atom. The molecule has 0 radical (unpaired) electrons. The molecule has 1 nitrogen and oxygen atoms in total. The molecule has 0 heterocycles. The van der Waals surface area contributed by atoms with E-state index in [9.17, 15) is 13.2 Å². The summed E-state index contributed by atoms with van der Waals surface area (Å²) in [6.45, 7) is 0.607. The summed E-state index contributed by atoms with van der Waals surface area (Å²) in [6.07, 6.45) is 0.670. The average Bonchev–Trinajstić information content (AvgIpc) is 2.03. The fourth-order valence-electron chi connectivity index (χ4n) is 0.873. The van der Waals surface area contributed by atoms with Gasteiger partial charge in [0.25, 0.3) is 0 Å². The van der Waals surface area contributed by atoms with Crippen molar-refractivity contribution in [1.82, 2.24) is 0 Å². The lowest BCUT2D eigenvalue weighted by atomic mass is 10.1. The number of halogens is 4. The minimum absolute atomic E-state index is 0. The first-order valence-corrected chi connectivity index (χ1v) is 4.08. The first-order valence-electron chi connectivity index (χ1n) is 4.08. The molecule has 0 aromatic heterocycles. The zero-order valence-electron chi connectivity index (χ0n) is 7.36. The molecular formula is C8H15ClF3N. The summed E-state index contributed by atoms with van der Waals surface area (Å²) >= 11 is 0. The second kappa shape index (κ2) is 9.86. The first kappa shape index (κ1) is 15.3. The van der Waals surface area contributed by atoms with Gasteiger partial charge >= 0.3 is 6.08 Å². The van der Waals surface area contributed by atoms with Crippen LogP contribution in [0, 0.1) is 0 Å². The van der Waals surface area contributed by atoms with Crippen molar-refractivity contribution < 1.29 is 13.2 Å². The van der Waals surface area contributed by atoms with E-state index in [0.29, 0.717) is 13.0 Å². The van der Waals surface area contributed by atoms with Crippen molar-refractivity contribution in [2.45, 2.75) is 32.1 Å². The Balaban J connectivity index is 0. The SMILES string of the molecule is Cl.NCCCCCCC(F)=C(F)F. The van der Waals surface area contributed by atoms with E-state index in [1.54, 1.807) is 0 Å². The van der Waals surface area contributed by atoms with Crippen molar-refractivity contribution in [1.29, 1.82) is 0 Å². The van der Waals surface area contributed by atoms with Gasteiger partial charge in [-0.15, -0.1) is 12.4 Å². The van der Waals surface area contributed by atoms with Crippen LogP contribution in [0.1, 0.15) is 32.1 Å². The summed E-state index contributed by atoms with van der Waals surface area (Å²) in [6, 6.07) is 0. The normalized spacial score (nSPS) is 9.23. The summed E-state index contributed by atoms with van der Waals surface area (Å²) in [5.74, 6) is -1.28. The topological polar surface area (TPSA) is 26.0 Å². The molecule has 0 aromatic carbocycles. The third kappa shape index (κ3) is 9.70. The molecule has 0 saturated heterocycles. The number of allylic oxidation sites excluding steroid dienone is 1. The number of unbranched alkanes of at least 4 members (excludes halogenated alkanes) is 3. The Labute approximate surface area is 82.6 Å². The number of hydrogen-bond donors (Lipinski definition) is 1. The minimum atomic E-state index is -2.19. The highest BCUT2D eigenvalue weighted by Crippen LogP contribution is 2.16. The van der Waals surface area contributed by atoms with Gasteiger partial charge in [-0.05, 0) is 19.4 Å².